The van der Waals surface area contributed by atoms with E-state index in [4.69, 9.17) is 11.1 Å². The molecule has 0 aromatic heterocycles. The number of nitrogens with two attached hydrogens (primary N) is 1. The Morgan fingerprint density at radius 3 is 2.00 bits per heavy atom. The SMILES string of the molecule is C[C-]=N.Nc1cc[c-]cc1.[U+2]. The Morgan fingerprint density at radius 1 is 1.45 bits per heavy atom. The van der Waals surface area contributed by atoms with Gasteiger partial charge in [-0.2, -0.15) is 25.1 Å². The molecule has 0 aliphatic carbocycles. The molecule has 2 nitrogen and oxygen atoms in total. The molecule has 0 unspecified atom stereocenters. The Balaban J connectivity index is 0. The van der Waals surface area contributed by atoms with Crippen LogP contribution in [0.25, 0.3) is 0 Å². The van der Waals surface area contributed by atoms with Crippen molar-refractivity contribution in [2.75, 3.05) is 5.73 Å². The predicted molar refractivity (Wildman–Crippen MR) is 43.1 cm³/mol. The molecule has 3 N–H and O–H groups in total. The molecule has 0 spiro atoms. The summed E-state index contributed by atoms with van der Waals surface area (Å²) in [6, 6.07) is 10.0. The van der Waals surface area contributed by atoms with E-state index in [1.807, 2.05) is 6.21 Å². The molecule has 0 saturated carbocycles. The molecular formula is C8H10N2U. The molecule has 1 aromatic carbocycles. The predicted octanol–water partition coefficient (Wildman–Crippen LogP) is 1.60. The van der Waals surface area contributed by atoms with Crippen LogP contribution in [0.3, 0.4) is 0 Å². The molecule has 56 valence electrons. The molecule has 3 heteroatoms. The molecule has 0 radical (unpaired) electrons. The van der Waals surface area contributed by atoms with Gasteiger partial charge in [-0.15, -0.1) is 12.1 Å². The van der Waals surface area contributed by atoms with Crippen molar-refractivity contribution in [1.82, 2.24) is 0 Å². The van der Waals surface area contributed by atoms with Crippen LogP contribution in [0, 0.1) is 42.6 Å². The molecule has 0 aliphatic heterocycles. The summed E-state index contributed by atoms with van der Waals surface area (Å²) in [4.78, 5) is 0. The van der Waals surface area contributed by atoms with Gasteiger partial charge in [0.2, 0.25) is 0 Å². The van der Waals surface area contributed by atoms with Crippen molar-refractivity contribution in [3.8, 4) is 0 Å². The number of nitrogens with one attached hydrogen (secondary N) is 1. The summed E-state index contributed by atoms with van der Waals surface area (Å²) >= 11 is 0. The van der Waals surface area contributed by atoms with Crippen LogP contribution in [-0.4, -0.2) is 6.21 Å². The molecule has 0 saturated heterocycles. The van der Waals surface area contributed by atoms with Crippen molar-refractivity contribution in [1.29, 1.82) is 5.41 Å². The van der Waals surface area contributed by atoms with Gasteiger partial charge < -0.3 is 17.4 Å². The Labute approximate surface area is 91.1 Å². The van der Waals surface area contributed by atoms with Crippen LogP contribution in [0.5, 0.6) is 0 Å². The van der Waals surface area contributed by atoms with E-state index in [0.717, 1.165) is 5.69 Å². The fourth-order valence-electron chi connectivity index (χ4n) is 0.400. The first-order valence-electron chi connectivity index (χ1n) is 2.86. The van der Waals surface area contributed by atoms with Crippen LogP contribution in [0.1, 0.15) is 6.92 Å². The van der Waals surface area contributed by atoms with Gasteiger partial charge in [0.05, 0.1) is 0 Å². The third-order valence-electron chi connectivity index (χ3n) is 0.744. The zero-order valence-corrected chi connectivity index (χ0v) is 10.6. The molecule has 0 atom stereocenters. The summed E-state index contributed by atoms with van der Waals surface area (Å²) in [6.07, 6.45) is 2.00. The molecule has 0 amide bonds. The standard InChI is InChI=1S/C6H6N.C2H4N.U/c7-6-4-2-1-3-5-6;1-2-3;/h2-5H,7H2;3H,1H3;/q2*-1;+2. The number of nitrogen functional groups attached to an aromatic ring is 1. The van der Waals surface area contributed by atoms with Gasteiger partial charge in [-0.3, -0.25) is 0 Å². The number of anilines is 1. The first-order valence-corrected chi connectivity index (χ1v) is 2.86. The molecule has 1 rings (SSSR count). The van der Waals surface area contributed by atoms with Crippen molar-refractivity contribution < 1.29 is 31.1 Å². The molecular weight excluding hydrogens is 362 g/mol. The van der Waals surface area contributed by atoms with Crippen molar-refractivity contribution in [2.45, 2.75) is 6.92 Å². The number of hydrogen-bond donors (Lipinski definition) is 2. The Kier molecular flexibility index (Phi) is 11.8. The van der Waals surface area contributed by atoms with E-state index in [9.17, 15) is 0 Å². The zero-order valence-electron chi connectivity index (χ0n) is 6.39. The largest absolute Gasteiger partial charge is 2.00 e. The third kappa shape index (κ3) is 9.74. The van der Waals surface area contributed by atoms with E-state index in [-0.39, 0.29) is 31.1 Å². The Bertz CT molecular complexity index is 175. The summed E-state index contributed by atoms with van der Waals surface area (Å²) in [5, 5.41) is 5.96. The average Bonchev–Trinajstić information content (AvgIpc) is 1.91. The normalized spacial score (nSPS) is 6.64. The van der Waals surface area contributed by atoms with Crippen LogP contribution in [0.4, 0.5) is 5.69 Å². The Morgan fingerprint density at radius 2 is 1.82 bits per heavy atom. The molecule has 0 aliphatic rings. The molecule has 0 bridgehead atoms. The van der Waals surface area contributed by atoms with Gasteiger partial charge in [-0.1, -0.05) is 5.69 Å². The van der Waals surface area contributed by atoms with E-state index < -0.39 is 0 Å². The monoisotopic (exact) mass is 372 g/mol. The van der Waals surface area contributed by atoms with Crippen LogP contribution in [-0.2, 0) is 0 Å². The van der Waals surface area contributed by atoms with Crippen molar-refractivity contribution >= 4 is 11.9 Å². The van der Waals surface area contributed by atoms with Crippen LogP contribution < -0.4 is 5.73 Å². The van der Waals surface area contributed by atoms with Crippen molar-refractivity contribution in [3.63, 3.8) is 0 Å². The fourth-order valence-corrected chi connectivity index (χ4v) is 0.400. The van der Waals surface area contributed by atoms with E-state index in [2.05, 4.69) is 6.07 Å². The van der Waals surface area contributed by atoms with Gasteiger partial charge in [0.25, 0.3) is 0 Å². The molecule has 1 aromatic rings. The quantitative estimate of drug-likeness (QED) is 0.406. The van der Waals surface area contributed by atoms with E-state index in [1.54, 1.807) is 31.2 Å². The van der Waals surface area contributed by atoms with Crippen molar-refractivity contribution in [2.24, 2.45) is 0 Å². The van der Waals surface area contributed by atoms with Crippen LogP contribution >= 0.6 is 0 Å². The minimum atomic E-state index is 0. The second-order valence-corrected chi connectivity index (χ2v) is 1.58. The van der Waals surface area contributed by atoms with Gasteiger partial charge in [0, 0.05) is 0 Å². The molecule has 11 heavy (non-hydrogen) atoms. The van der Waals surface area contributed by atoms with Gasteiger partial charge in [-0.25, -0.2) is 0 Å². The maximum Gasteiger partial charge on any atom is 2.00 e. The second-order valence-electron chi connectivity index (χ2n) is 1.58. The maximum atomic E-state index is 5.96. The molecule has 0 heterocycles. The molecule has 0 fully saturated rings. The van der Waals surface area contributed by atoms with E-state index in [1.165, 1.54) is 0 Å². The Hall–Kier alpha value is -0.258. The van der Waals surface area contributed by atoms with Gasteiger partial charge in [-0.05, 0) is 0 Å². The summed E-state index contributed by atoms with van der Waals surface area (Å²) in [7, 11) is 0. The minimum absolute atomic E-state index is 0. The number of rotatable bonds is 0. The van der Waals surface area contributed by atoms with Crippen LogP contribution in [0.15, 0.2) is 24.3 Å². The van der Waals surface area contributed by atoms with E-state index in [0.29, 0.717) is 0 Å². The van der Waals surface area contributed by atoms with Crippen molar-refractivity contribution in [3.05, 3.63) is 30.3 Å². The van der Waals surface area contributed by atoms with Crippen LogP contribution in [0.2, 0.25) is 0 Å². The summed E-state index contributed by atoms with van der Waals surface area (Å²) in [5.74, 6) is 0. The maximum absolute atomic E-state index is 5.96. The third-order valence-corrected chi connectivity index (χ3v) is 0.744. The second kappa shape index (κ2) is 9.74. The average molecular weight is 372 g/mol. The van der Waals surface area contributed by atoms with E-state index >= 15 is 0 Å². The summed E-state index contributed by atoms with van der Waals surface area (Å²) in [5.41, 5.74) is 6.13. The smallest absolute Gasteiger partial charge is 0.519 e. The van der Waals surface area contributed by atoms with Gasteiger partial charge >= 0.3 is 31.1 Å². The topological polar surface area (TPSA) is 49.9 Å². The number of hydrogen-bond acceptors (Lipinski definition) is 2. The fraction of sp³-hybridized carbons (Fsp3) is 0.125. The minimum Gasteiger partial charge on any atom is -0.519 e. The summed E-state index contributed by atoms with van der Waals surface area (Å²) < 4.78 is 0. The van der Waals surface area contributed by atoms with Gasteiger partial charge in [0.15, 0.2) is 0 Å². The zero-order chi connectivity index (χ0) is 7.82. The number of benzene rings is 1. The first kappa shape index (κ1) is 13.3. The van der Waals surface area contributed by atoms with Gasteiger partial charge in [0.1, 0.15) is 0 Å². The summed E-state index contributed by atoms with van der Waals surface area (Å²) in [6.45, 7) is 1.54. The first-order chi connectivity index (χ1) is 4.81.